The van der Waals surface area contributed by atoms with Gasteiger partial charge < -0.3 is 21.3 Å². The molecule has 2 rings (SSSR count). The maximum atomic E-state index is 9.42. The van der Waals surface area contributed by atoms with E-state index in [4.69, 9.17) is 21.5 Å². The Morgan fingerprint density at radius 2 is 2.05 bits per heavy atom. The van der Waals surface area contributed by atoms with E-state index >= 15 is 0 Å². The number of ether oxygens (including phenoxy) is 1. The maximum absolute atomic E-state index is 9.42. The van der Waals surface area contributed by atoms with Gasteiger partial charge in [-0.1, -0.05) is 0 Å². The molecule has 96 valence electrons. The fraction of sp³-hybridized carbons (Fsp3) is 0.0833. The van der Waals surface area contributed by atoms with Gasteiger partial charge in [0.25, 0.3) is 0 Å². The molecule has 7 heteroatoms. The Balaban J connectivity index is 2.75. The molecular formula is C12H11N5O2. The van der Waals surface area contributed by atoms with E-state index in [1.54, 1.807) is 6.07 Å². The Hall–Kier alpha value is -3.01. The van der Waals surface area contributed by atoms with Crippen LogP contribution in [0.2, 0.25) is 0 Å². The fourth-order valence-electron chi connectivity index (χ4n) is 1.68. The Labute approximate surface area is 109 Å². The molecule has 0 aliphatic rings. The largest absolute Gasteiger partial charge is 0.508 e. The highest BCUT2D eigenvalue weighted by Gasteiger charge is 2.17. The van der Waals surface area contributed by atoms with E-state index in [1.807, 2.05) is 6.07 Å². The number of nitrogens with zero attached hydrogens (tertiary/aromatic N) is 3. The molecule has 1 heterocycles. The molecule has 0 bridgehead atoms. The third-order valence-electron chi connectivity index (χ3n) is 2.51. The van der Waals surface area contributed by atoms with E-state index in [0.29, 0.717) is 11.3 Å². The highest BCUT2D eigenvalue weighted by atomic mass is 16.5. The van der Waals surface area contributed by atoms with Crippen molar-refractivity contribution in [3.05, 3.63) is 23.8 Å². The number of phenols is 1. The summed E-state index contributed by atoms with van der Waals surface area (Å²) >= 11 is 0. The summed E-state index contributed by atoms with van der Waals surface area (Å²) in [6.07, 6.45) is 0. The van der Waals surface area contributed by atoms with Crippen molar-refractivity contribution in [1.82, 2.24) is 9.97 Å². The molecule has 2 aromatic rings. The number of aromatic hydroxyl groups is 1. The number of hydrogen-bond donors (Lipinski definition) is 3. The highest BCUT2D eigenvalue weighted by molar-refractivity contribution is 5.77. The van der Waals surface area contributed by atoms with Gasteiger partial charge in [0.15, 0.2) is 0 Å². The summed E-state index contributed by atoms with van der Waals surface area (Å²) in [4.78, 5) is 7.75. The van der Waals surface area contributed by atoms with Crippen LogP contribution in [0.1, 0.15) is 5.56 Å². The van der Waals surface area contributed by atoms with Crippen molar-refractivity contribution >= 4 is 11.8 Å². The lowest BCUT2D eigenvalue weighted by Gasteiger charge is -2.11. The predicted octanol–water partition coefficient (Wildman–Crippen LogP) is 0.894. The number of hydrogen-bond acceptors (Lipinski definition) is 7. The van der Waals surface area contributed by atoms with Gasteiger partial charge in [0, 0.05) is 11.6 Å². The van der Waals surface area contributed by atoms with E-state index in [-0.39, 0.29) is 28.8 Å². The van der Waals surface area contributed by atoms with Crippen LogP contribution >= 0.6 is 0 Å². The summed E-state index contributed by atoms with van der Waals surface area (Å²) in [6, 6.07) is 6.36. The molecule has 0 spiro atoms. The lowest BCUT2D eigenvalue weighted by atomic mass is 10.1. The molecule has 1 aromatic carbocycles. The number of benzene rings is 1. The lowest BCUT2D eigenvalue weighted by molar-refractivity contribution is 0.409. The van der Waals surface area contributed by atoms with E-state index in [2.05, 4.69) is 9.97 Å². The number of nitrogens with two attached hydrogens (primary N) is 2. The fourth-order valence-corrected chi connectivity index (χ4v) is 1.68. The summed E-state index contributed by atoms with van der Waals surface area (Å²) in [5.41, 5.74) is 12.1. The topological polar surface area (TPSA) is 131 Å². The van der Waals surface area contributed by atoms with Crippen LogP contribution in [0, 0.1) is 11.3 Å². The second kappa shape index (κ2) is 4.70. The number of nitrogen functional groups attached to an aromatic ring is 2. The van der Waals surface area contributed by atoms with Gasteiger partial charge in [-0.3, -0.25) is 0 Å². The lowest BCUT2D eigenvalue weighted by Crippen LogP contribution is -2.05. The SMILES string of the molecule is COc1cc(O)ccc1-c1nc(N)nc(N)c1C#N. The van der Waals surface area contributed by atoms with Crippen molar-refractivity contribution < 1.29 is 9.84 Å². The molecule has 0 atom stereocenters. The van der Waals surface area contributed by atoms with E-state index < -0.39 is 0 Å². The first-order chi connectivity index (χ1) is 9.06. The molecule has 0 saturated carbocycles. The molecule has 0 fully saturated rings. The van der Waals surface area contributed by atoms with Gasteiger partial charge in [0.1, 0.15) is 28.9 Å². The molecule has 7 nitrogen and oxygen atoms in total. The quantitative estimate of drug-likeness (QED) is 0.728. The average Bonchev–Trinajstić information content (AvgIpc) is 2.37. The molecule has 0 aliphatic heterocycles. The Morgan fingerprint density at radius 1 is 1.32 bits per heavy atom. The van der Waals surface area contributed by atoms with E-state index in [9.17, 15) is 5.11 Å². The van der Waals surface area contributed by atoms with Crippen LogP contribution in [0.15, 0.2) is 18.2 Å². The summed E-state index contributed by atoms with van der Waals surface area (Å²) < 4.78 is 5.15. The van der Waals surface area contributed by atoms with E-state index in [0.717, 1.165) is 0 Å². The zero-order valence-corrected chi connectivity index (χ0v) is 10.1. The van der Waals surface area contributed by atoms with Crippen LogP contribution in [0.4, 0.5) is 11.8 Å². The molecule has 0 amide bonds. The summed E-state index contributed by atoms with van der Waals surface area (Å²) in [5, 5.41) is 18.6. The number of anilines is 2. The molecule has 0 saturated heterocycles. The van der Waals surface area contributed by atoms with Crippen molar-refractivity contribution in [2.45, 2.75) is 0 Å². The number of rotatable bonds is 2. The Morgan fingerprint density at radius 3 is 2.68 bits per heavy atom. The normalized spacial score (nSPS) is 9.89. The summed E-state index contributed by atoms with van der Waals surface area (Å²) in [7, 11) is 1.44. The van der Waals surface area contributed by atoms with Gasteiger partial charge in [0.2, 0.25) is 5.95 Å². The zero-order valence-electron chi connectivity index (χ0n) is 10.1. The first kappa shape index (κ1) is 12.4. The first-order valence-electron chi connectivity index (χ1n) is 5.27. The molecule has 0 unspecified atom stereocenters. The second-order valence-corrected chi connectivity index (χ2v) is 3.69. The monoisotopic (exact) mass is 257 g/mol. The van der Waals surface area contributed by atoms with Gasteiger partial charge in [-0.05, 0) is 12.1 Å². The van der Waals surface area contributed by atoms with E-state index in [1.165, 1.54) is 19.2 Å². The smallest absolute Gasteiger partial charge is 0.222 e. The van der Waals surface area contributed by atoms with Crippen LogP contribution < -0.4 is 16.2 Å². The van der Waals surface area contributed by atoms with Gasteiger partial charge in [-0.15, -0.1) is 0 Å². The van der Waals surface area contributed by atoms with Crippen LogP contribution in [0.25, 0.3) is 11.3 Å². The molecule has 1 aromatic heterocycles. The minimum Gasteiger partial charge on any atom is -0.508 e. The number of phenolic OH excluding ortho intramolecular Hbond substituents is 1. The molecule has 0 radical (unpaired) electrons. The first-order valence-corrected chi connectivity index (χ1v) is 5.27. The Kier molecular flexibility index (Phi) is 3.08. The number of methoxy groups -OCH3 is 1. The highest BCUT2D eigenvalue weighted by Crippen LogP contribution is 2.34. The van der Waals surface area contributed by atoms with Gasteiger partial charge >= 0.3 is 0 Å². The minimum atomic E-state index is -0.0402. The predicted molar refractivity (Wildman–Crippen MR) is 69.2 cm³/mol. The number of nitriles is 1. The zero-order chi connectivity index (χ0) is 14.0. The van der Waals surface area contributed by atoms with Gasteiger partial charge in [0.05, 0.1) is 12.8 Å². The van der Waals surface area contributed by atoms with Crippen LogP contribution in [-0.2, 0) is 0 Å². The minimum absolute atomic E-state index is 0.000119. The van der Waals surface area contributed by atoms with Crippen molar-refractivity contribution in [3.8, 4) is 28.8 Å². The van der Waals surface area contributed by atoms with Crippen molar-refractivity contribution in [2.75, 3.05) is 18.6 Å². The summed E-state index contributed by atoms with van der Waals surface area (Å²) in [6.45, 7) is 0. The molecule has 19 heavy (non-hydrogen) atoms. The third-order valence-corrected chi connectivity index (χ3v) is 2.51. The van der Waals surface area contributed by atoms with Crippen LogP contribution in [0.5, 0.6) is 11.5 Å². The van der Waals surface area contributed by atoms with Crippen molar-refractivity contribution in [3.63, 3.8) is 0 Å². The molecule has 5 N–H and O–H groups in total. The standard InChI is InChI=1S/C12H11N5O2/c1-19-9-4-6(18)2-3-7(9)10-8(5-13)11(14)17-12(15)16-10/h2-4,18H,1H3,(H4,14,15,16,17). The second-order valence-electron chi connectivity index (χ2n) is 3.69. The molecular weight excluding hydrogens is 246 g/mol. The van der Waals surface area contributed by atoms with Crippen molar-refractivity contribution in [1.29, 1.82) is 5.26 Å². The third kappa shape index (κ3) is 2.19. The van der Waals surface area contributed by atoms with Crippen LogP contribution in [0.3, 0.4) is 0 Å². The van der Waals surface area contributed by atoms with Crippen molar-refractivity contribution in [2.24, 2.45) is 0 Å². The average molecular weight is 257 g/mol. The Bertz CT molecular complexity index is 679. The maximum Gasteiger partial charge on any atom is 0.222 e. The summed E-state index contributed by atoms with van der Waals surface area (Å²) in [5.74, 6) is 0.352. The van der Waals surface area contributed by atoms with Gasteiger partial charge in [-0.25, -0.2) is 4.98 Å². The molecule has 0 aliphatic carbocycles. The number of aromatic nitrogens is 2. The van der Waals surface area contributed by atoms with Gasteiger partial charge in [-0.2, -0.15) is 10.2 Å². The van der Waals surface area contributed by atoms with Crippen LogP contribution in [-0.4, -0.2) is 22.2 Å².